The first-order valence-electron chi connectivity index (χ1n) is 4.90. The zero-order valence-electron chi connectivity index (χ0n) is 9.08. The third-order valence-corrected chi connectivity index (χ3v) is 2.80. The van der Waals surface area contributed by atoms with Crippen LogP contribution in [0.4, 0.5) is 5.82 Å². The molecule has 0 saturated heterocycles. The average molecular weight is 238 g/mol. The maximum atomic E-state index is 5.87. The summed E-state index contributed by atoms with van der Waals surface area (Å²) in [4.78, 5) is 7.11. The monoisotopic (exact) mass is 237 g/mol. The van der Waals surface area contributed by atoms with Crippen LogP contribution >= 0.6 is 11.6 Å². The van der Waals surface area contributed by atoms with E-state index in [0.717, 1.165) is 22.8 Å². The third kappa shape index (κ3) is 2.14. The maximum Gasteiger partial charge on any atom is 0.155 e. The summed E-state index contributed by atoms with van der Waals surface area (Å²) in [6.45, 7) is 4.47. The van der Waals surface area contributed by atoms with Crippen molar-refractivity contribution in [2.24, 2.45) is 0 Å². The third-order valence-electron chi connectivity index (χ3n) is 2.44. The number of nitrogens with zero attached hydrogens (tertiary/aromatic N) is 3. The van der Waals surface area contributed by atoms with Crippen molar-refractivity contribution < 1.29 is 0 Å². The van der Waals surface area contributed by atoms with Crippen LogP contribution in [0.2, 0.25) is 5.15 Å². The zero-order valence-corrected chi connectivity index (χ0v) is 9.84. The van der Waals surface area contributed by atoms with Gasteiger partial charge in [0.25, 0.3) is 0 Å². The van der Waals surface area contributed by atoms with Crippen molar-refractivity contribution in [3.63, 3.8) is 0 Å². The number of halogens is 1. The average Bonchev–Trinajstić information content (AvgIpc) is 2.78. The minimum Gasteiger partial charge on any atom is -0.361 e. The Labute approximate surface area is 98.3 Å². The van der Waals surface area contributed by atoms with E-state index in [4.69, 9.17) is 11.6 Å². The van der Waals surface area contributed by atoms with Gasteiger partial charge < -0.3 is 10.3 Å². The first-order chi connectivity index (χ1) is 7.68. The van der Waals surface area contributed by atoms with E-state index >= 15 is 0 Å². The second-order valence-corrected chi connectivity index (χ2v) is 3.84. The predicted octanol–water partition coefficient (Wildman–Crippen LogP) is 2.08. The summed E-state index contributed by atoms with van der Waals surface area (Å²) in [7, 11) is 0. The van der Waals surface area contributed by atoms with Crippen LogP contribution in [0.15, 0.2) is 12.4 Å². The highest BCUT2D eigenvalue weighted by Crippen LogP contribution is 2.20. The molecule has 0 spiro atoms. The molecule has 0 amide bonds. The molecule has 0 atom stereocenters. The molecule has 0 aliphatic heterocycles. The van der Waals surface area contributed by atoms with E-state index in [9.17, 15) is 0 Å². The van der Waals surface area contributed by atoms with Gasteiger partial charge in [0.1, 0.15) is 5.82 Å². The largest absolute Gasteiger partial charge is 0.361 e. The summed E-state index contributed by atoms with van der Waals surface area (Å²) in [5, 5.41) is 11.5. The molecule has 0 fully saturated rings. The van der Waals surface area contributed by atoms with Gasteiger partial charge in [0, 0.05) is 12.4 Å². The Bertz CT molecular complexity index is 480. The predicted molar refractivity (Wildman–Crippen MR) is 62.4 cm³/mol. The van der Waals surface area contributed by atoms with Gasteiger partial charge in [-0.3, -0.25) is 0 Å². The topological polar surface area (TPSA) is 66.5 Å². The number of H-pyrrole nitrogens is 1. The molecule has 2 rings (SSSR count). The van der Waals surface area contributed by atoms with Crippen LogP contribution in [-0.2, 0) is 6.54 Å². The SMILES string of the molecule is Cc1c(Cl)nnc(NCc2ncc[nH]2)c1C. The first kappa shape index (κ1) is 10.9. The number of hydrogen-bond acceptors (Lipinski definition) is 4. The smallest absolute Gasteiger partial charge is 0.155 e. The van der Waals surface area contributed by atoms with Gasteiger partial charge in [0.05, 0.1) is 6.54 Å². The van der Waals surface area contributed by atoms with E-state index in [0.29, 0.717) is 11.7 Å². The molecule has 2 N–H and O–H groups in total. The second-order valence-electron chi connectivity index (χ2n) is 3.48. The molecule has 16 heavy (non-hydrogen) atoms. The van der Waals surface area contributed by atoms with Crippen LogP contribution in [-0.4, -0.2) is 20.2 Å². The number of hydrogen-bond donors (Lipinski definition) is 2. The number of rotatable bonds is 3. The number of aromatic amines is 1. The van der Waals surface area contributed by atoms with Crippen molar-refractivity contribution in [1.29, 1.82) is 0 Å². The van der Waals surface area contributed by atoms with Crippen LogP contribution in [0.25, 0.3) is 0 Å². The molecule has 6 heteroatoms. The lowest BCUT2D eigenvalue weighted by Crippen LogP contribution is -2.07. The fourth-order valence-electron chi connectivity index (χ4n) is 1.31. The van der Waals surface area contributed by atoms with Gasteiger partial charge in [-0.05, 0) is 25.0 Å². The Morgan fingerprint density at radius 1 is 1.31 bits per heavy atom. The summed E-state index contributed by atoms with van der Waals surface area (Å²) in [6, 6.07) is 0. The number of anilines is 1. The molecule has 0 unspecified atom stereocenters. The van der Waals surface area contributed by atoms with Crippen LogP contribution in [0.1, 0.15) is 17.0 Å². The number of nitrogens with one attached hydrogen (secondary N) is 2. The first-order valence-corrected chi connectivity index (χ1v) is 5.28. The molecule has 5 nitrogen and oxygen atoms in total. The fraction of sp³-hybridized carbons (Fsp3) is 0.300. The van der Waals surface area contributed by atoms with E-state index in [1.807, 2.05) is 13.8 Å². The molecule has 0 bridgehead atoms. The molecule has 0 aromatic carbocycles. The van der Waals surface area contributed by atoms with Crippen molar-refractivity contribution in [2.45, 2.75) is 20.4 Å². The molecule has 0 radical (unpaired) electrons. The Hall–Kier alpha value is -1.62. The Balaban J connectivity index is 2.13. The Morgan fingerprint density at radius 2 is 2.12 bits per heavy atom. The van der Waals surface area contributed by atoms with Gasteiger partial charge in [0.15, 0.2) is 11.0 Å². The Kier molecular flexibility index (Phi) is 3.05. The summed E-state index contributed by atoms with van der Waals surface area (Å²) < 4.78 is 0. The summed E-state index contributed by atoms with van der Waals surface area (Å²) in [5.41, 5.74) is 1.95. The summed E-state index contributed by atoms with van der Waals surface area (Å²) >= 11 is 5.87. The minimum atomic E-state index is 0.445. The highest BCUT2D eigenvalue weighted by atomic mass is 35.5. The van der Waals surface area contributed by atoms with Crippen molar-refractivity contribution in [2.75, 3.05) is 5.32 Å². The molecule has 0 aliphatic carbocycles. The molecular weight excluding hydrogens is 226 g/mol. The standard InChI is InChI=1S/C10H12ClN5/c1-6-7(2)10(16-15-9(6)11)14-5-8-12-3-4-13-8/h3-4H,5H2,1-2H3,(H,12,13)(H,14,16). The van der Waals surface area contributed by atoms with E-state index in [2.05, 4.69) is 25.5 Å². The quantitative estimate of drug-likeness (QED) is 0.858. The van der Waals surface area contributed by atoms with Gasteiger partial charge >= 0.3 is 0 Å². The molecule has 0 aliphatic rings. The minimum absolute atomic E-state index is 0.445. The van der Waals surface area contributed by atoms with E-state index in [-0.39, 0.29) is 0 Å². The van der Waals surface area contributed by atoms with Crippen molar-refractivity contribution in [3.8, 4) is 0 Å². The van der Waals surface area contributed by atoms with Gasteiger partial charge in [-0.15, -0.1) is 10.2 Å². The second kappa shape index (κ2) is 4.49. The lowest BCUT2D eigenvalue weighted by atomic mass is 10.2. The van der Waals surface area contributed by atoms with E-state index < -0.39 is 0 Å². The lowest BCUT2D eigenvalue weighted by Gasteiger charge is -2.08. The Morgan fingerprint density at radius 3 is 2.81 bits per heavy atom. The number of imidazole rings is 1. The van der Waals surface area contributed by atoms with Gasteiger partial charge in [-0.1, -0.05) is 11.6 Å². The molecule has 84 valence electrons. The van der Waals surface area contributed by atoms with Crippen molar-refractivity contribution in [3.05, 3.63) is 34.5 Å². The normalized spacial score (nSPS) is 10.4. The molecule has 2 aromatic heterocycles. The molecule has 2 aromatic rings. The highest BCUT2D eigenvalue weighted by Gasteiger charge is 2.07. The van der Waals surface area contributed by atoms with Crippen LogP contribution in [0.3, 0.4) is 0 Å². The van der Waals surface area contributed by atoms with Crippen LogP contribution in [0, 0.1) is 13.8 Å². The van der Waals surface area contributed by atoms with Crippen molar-refractivity contribution >= 4 is 17.4 Å². The zero-order chi connectivity index (χ0) is 11.5. The fourth-order valence-corrected chi connectivity index (χ4v) is 1.49. The maximum absolute atomic E-state index is 5.87. The van der Waals surface area contributed by atoms with Crippen LogP contribution in [0.5, 0.6) is 0 Å². The summed E-state index contributed by atoms with van der Waals surface area (Å²) in [6.07, 6.45) is 3.49. The summed E-state index contributed by atoms with van der Waals surface area (Å²) in [5.74, 6) is 1.59. The van der Waals surface area contributed by atoms with E-state index in [1.165, 1.54) is 0 Å². The molecule has 0 saturated carbocycles. The molecule has 2 heterocycles. The lowest BCUT2D eigenvalue weighted by molar-refractivity contribution is 0.939. The van der Waals surface area contributed by atoms with E-state index in [1.54, 1.807) is 12.4 Å². The van der Waals surface area contributed by atoms with Gasteiger partial charge in [-0.2, -0.15) is 0 Å². The molecular formula is C10H12ClN5. The van der Waals surface area contributed by atoms with Gasteiger partial charge in [0.2, 0.25) is 0 Å². The van der Waals surface area contributed by atoms with Crippen LogP contribution < -0.4 is 5.32 Å². The highest BCUT2D eigenvalue weighted by molar-refractivity contribution is 6.30. The van der Waals surface area contributed by atoms with Gasteiger partial charge in [-0.25, -0.2) is 4.98 Å². The van der Waals surface area contributed by atoms with Crippen molar-refractivity contribution in [1.82, 2.24) is 20.2 Å². The number of aromatic nitrogens is 4.